The van der Waals surface area contributed by atoms with Gasteiger partial charge in [0, 0.05) is 11.7 Å². The lowest BCUT2D eigenvalue weighted by atomic mass is 10.1. The van der Waals surface area contributed by atoms with Crippen LogP contribution in [-0.2, 0) is 4.79 Å². The molecule has 2 aromatic carbocycles. The molecule has 0 aliphatic heterocycles. The second-order valence-corrected chi connectivity index (χ2v) is 5.38. The maximum absolute atomic E-state index is 12.0. The van der Waals surface area contributed by atoms with Crippen LogP contribution in [0.15, 0.2) is 48.5 Å². The number of amides is 1. The minimum atomic E-state index is -0.0234. The van der Waals surface area contributed by atoms with E-state index in [1.165, 1.54) is 11.1 Å². The van der Waals surface area contributed by atoms with Crippen molar-refractivity contribution < 1.29 is 4.79 Å². The summed E-state index contributed by atoms with van der Waals surface area (Å²) in [6.07, 6.45) is 0. The smallest absolute Gasteiger partial charge is 0.238 e. The third-order valence-electron chi connectivity index (χ3n) is 3.52. The Morgan fingerprint density at radius 3 is 2.48 bits per heavy atom. The number of aryl methyl sites for hydroxylation is 2. The highest BCUT2D eigenvalue weighted by atomic mass is 16.1. The molecule has 110 valence electrons. The molecule has 1 amide bonds. The molecule has 2 rings (SSSR count). The number of benzene rings is 2. The fourth-order valence-electron chi connectivity index (χ4n) is 2.25. The van der Waals surface area contributed by atoms with Crippen molar-refractivity contribution in [2.24, 2.45) is 0 Å². The Labute approximate surface area is 126 Å². The van der Waals surface area contributed by atoms with Gasteiger partial charge in [-0.2, -0.15) is 0 Å². The molecule has 0 fully saturated rings. The molecule has 0 aliphatic rings. The van der Waals surface area contributed by atoms with Gasteiger partial charge in [-0.25, -0.2) is 0 Å². The zero-order valence-corrected chi connectivity index (χ0v) is 12.8. The Kier molecular flexibility index (Phi) is 5.12. The molecule has 3 nitrogen and oxygen atoms in total. The number of hydrogen-bond acceptors (Lipinski definition) is 2. The van der Waals surface area contributed by atoms with Crippen molar-refractivity contribution in [3.63, 3.8) is 0 Å². The fraction of sp³-hybridized carbons (Fsp3) is 0.278. The maximum Gasteiger partial charge on any atom is 0.238 e. The average molecular weight is 282 g/mol. The Balaban J connectivity index is 1.87. The van der Waals surface area contributed by atoms with Crippen molar-refractivity contribution in [1.82, 2.24) is 5.32 Å². The zero-order valence-electron chi connectivity index (χ0n) is 12.8. The lowest BCUT2D eigenvalue weighted by Gasteiger charge is -2.15. The Bertz CT molecular complexity index is 608. The SMILES string of the molecule is Cc1ccc(NC(=O)CN[C@H](C)c2ccccc2)c(C)c1. The molecule has 3 heteroatoms. The zero-order chi connectivity index (χ0) is 15.2. The average Bonchev–Trinajstić information content (AvgIpc) is 2.48. The van der Waals surface area contributed by atoms with E-state index in [9.17, 15) is 4.79 Å². The maximum atomic E-state index is 12.0. The molecule has 2 aromatic rings. The fourth-order valence-corrected chi connectivity index (χ4v) is 2.25. The summed E-state index contributed by atoms with van der Waals surface area (Å²) in [6.45, 7) is 6.40. The van der Waals surface area contributed by atoms with Gasteiger partial charge < -0.3 is 10.6 Å². The van der Waals surface area contributed by atoms with Crippen molar-refractivity contribution in [2.75, 3.05) is 11.9 Å². The molecular formula is C18H22N2O. The van der Waals surface area contributed by atoms with Crippen LogP contribution in [-0.4, -0.2) is 12.5 Å². The summed E-state index contributed by atoms with van der Waals surface area (Å²) in [7, 11) is 0. The van der Waals surface area contributed by atoms with Crippen LogP contribution in [0.3, 0.4) is 0 Å². The van der Waals surface area contributed by atoms with Crippen molar-refractivity contribution in [2.45, 2.75) is 26.8 Å². The first-order valence-corrected chi connectivity index (χ1v) is 7.21. The number of anilines is 1. The van der Waals surface area contributed by atoms with E-state index in [4.69, 9.17) is 0 Å². The Morgan fingerprint density at radius 2 is 1.81 bits per heavy atom. The van der Waals surface area contributed by atoms with Crippen LogP contribution in [0.5, 0.6) is 0 Å². The molecule has 0 spiro atoms. The van der Waals surface area contributed by atoms with Gasteiger partial charge in [-0.15, -0.1) is 0 Å². The van der Waals surface area contributed by atoms with E-state index in [2.05, 4.69) is 35.8 Å². The summed E-state index contributed by atoms with van der Waals surface area (Å²) in [5, 5.41) is 6.18. The molecule has 0 heterocycles. The lowest BCUT2D eigenvalue weighted by molar-refractivity contribution is -0.115. The highest BCUT2D eigenvalue weighted by Gasteiger charge is 2.08. The minimum absolute atomic E-state index is 0.0234. The second-order valence-electron chi connectivity index (χ2n) is 5.38. The molecule has 1 atom stereocenters. The first kappa shape index (κ1) is 15.3. The number of carbonyl (C=O) groups is 1. The normalized spacial score (nSPS) is 12.0. The van der Waals surface area contributed by atoms with Gasteiger partial charge >= 0.3 is 0 Å². The molecule has 0 aliphatic carbocycles. The van der Waals surface area contributed by atoms with E-state index >= 15 is 0 Å². The molecule has 0 aromatic heterocycles. The third-order valence-corrected chi connectivity index (χ3v) is 3.52. The Morgan fingerprint density at radius 1 is 1.10 bits per heavy atom. The van der Waals surface area contributed by atoms with Gasteiger partial charge in [0.15, 0.2) is 0 Å². The monoisotopic (exact) mass is 282 g/mol. The van der Waals surface area contributed by atoms with Crippen LogP contribution in [0.2, 0.25) is 0 Å². The molecule has 0 radical (unpaired) electrons. The van der Waals surface area contributed by atoms with Crippen molar-refractivity contribution in [1.29, 1.82) is 0 Å². The molecule has 0 bridgehead atoms. The quantitative estimate of drug-likeness (QED) is 0.880. The summed E-state index contributed by atoms with van der Waals surface area (Å²) in [6, 6.07) is 16.3. The summed E-state index contributed by atoms with van der Waals surface area (Å²) in [5.41, 5.74) is 4.33. The van der Waals surface area contributed by atoms with E-state index in [0.717, 1.165) is 11.3 Å². The van der Waals surface area contributed by atoms with Crippen molar-refractivity contribution in [3.8, 4) is 0 Å². The van der Waals surface area contributed by atoms with Crippen LogP contribution < -0.4 is 10.6 Å². The molecular weight excluding hydrogens is 260 g/mol. The van der Waals surface area contributed by atoms with Gasteiger partial charge in [0.2, 0.25) is 5.91 Å². The second kappa shape index (κ2) is 7.04. The van der Waals surface area contributed by atoms with Gasteiger partial charge in [-0.1, -0.05) is 48.0 Å². The molecule has 0 saturated carbocycles. The van der Waals surface area contributed by atoms with E-state index in [0.29, 0.717) is 6.54 Å². The minimum Gasteiger partial charge on any atom is -0.325 e. The number of carbonyl (C=O) groups excluding carboxylic acids is 1. The predicted molar refractivity (Wildman–Crippen MR) is 87.4 cm³/mol. The van der Waals surface area contributed by atoms with Crippen LogP contribution >= 0.6 is 0 Å². The first-order chi connectivity index (χ1) is 10.1. The summed E-state index contributed by atoms with van der Waals surface area (Å²) < 4.78 is 0. The van der Waals surface area contributed by atoms with Gasteiger partial charge in [0.1, 0.15) is 0 Å². The predicted octanol–water partition coefficient (Wildman–Crippen LogP) is 3.59. The lowest BCUT2D eigenvalue weighted by Crippen LogP contribution is -2.30. The van der Waals surface area contributed by atoms with Gasteiger partial charge in [0.05, 0.1) is 6.54 Å². The number of nitrogens with one attached hydrogen (secondary N) is 2. The Hall–Kier alpha value is -2.13. The first-order valence-electron chi connectivity index (χ1n) is 7.21. The van der Waals surface area contributed by atoms with Crippen molar-refractivity contribution >= 4 is 11.6 Å². The van der Waals surface area contributed by atoms with Crippen LogP contribution in [0.25, 0.3) is 0 Å². The number of hydrogen-bond donors (Lipinski definition) is 2. The van der Waals surface area contributed by atoms with Crippen LogP contribution in [0.1, 0.15) is 29.7 Å². The topological polar surface area (TPSA) is 41.1 Å². The summed E-state index contributed by atoms with van der Waals surface area (Å²) in [4.78, 5) is 12.0. The largest absolute Gasteiger partial charge is 0.325 e. The standard InChI is InChI=1S/C18H22N2O/c1-13-9-10-17(14(2)11-13)20-18(21)12-19-15(3)16-7-5-4-6-8-16/h4-11,15,19H,12H2,1-3H3,(H,20,21)/t15-/m1/s1. The molecule has 0 saturated heterocycles. The summed E-state index contributed by atoms with van der Waals surface area (Å²) in [5.74, 6) is -0.0234. The van der Waals surface area contributed by atoms with Crippen molar-refractivity contribution in [3.05, 3.63) is 65.2 Å². The molecule has 2 N–H and O–H groups in total. The highest BCUT2D eigenvalue weighted by Crippen LogP contribution is 2.16. The van der Waals surface area contributed by atoms with E-state index in [1.807, 2.05) is 44.2 Å². The van der Waals surface area contributed by atoms with E-state index < -0.39 is 0 Å². The van der Waals surface area contributed by atoms with Crippen LogP contribution in [0.4, 0.5) is 5.69 Å². The highest BCUT2D eigenvalue weighted by molar-refractivity contribution is 5.93. The van der Waals surface area contributed by atoms with E-state index in [-0.39, 0.29) is 11.9 Å². The third kappa shape index (κ3) is 4.43. The van der Waals surface area contributed by atoms with Gasteiger partial charge in [-0.05, 0) is 38.0 Å². The van der Waals surface area contributed by atoms with E-state index in [1.54, 1.807) is 0 Å². The summed E-state index contributed by atoms with van der Waals surface area (Å²) >= 11 is 0. The number of rotatable bonds is 5. The van der Waals surface area contributed by atoms with Gasteiger partial charge in [0.25, 0.3) is 0 Å². The molecule has 21 heavy (non-hydrogen) atoms. The van der Waals surface area contributed by atoms with Gasteiger partial charge in [-0.3, -0.25) is 4.79 Å². The van der Waals surface area contributed by atoms with Crippen LogP contribution in [0, 0.1) is 13.8 Å². The molecule has 0 unspecified atom stereocenters.